The Balaban J connectivity index is 1.94. The first-order chi connectivity index (χ1) is 13.7. The minimum atomic E-state index is -3.57. The molecule has 0 bridgehead atoms. The van der Waals surface area contributed by atoms with Crippen molar-refractivity contribution in [3.8, 4) is 5.75 Å². The fourth-order valence-electron chi connectivity index (χ4n) is 2.42. The van der Waals surface area contributed by atoms with Crippen molar-refractivity contribution in [2.75, 3.05) is 25.5 Å². The van der Waals surface area contributed by atoms with E-state index in [1.165, 1.54) is 59.9 Å². The molecule has 156 valence electrons. The van der Waals surface area contributed by atoms with Crippen LogP contribution < -0.4 is 10.1 Å². The number of carbonyl (C=O) groups is 1. The summed E-state index contributed by atoms with van der Waals surface area (Å²) in [6.45, 7) is 2.08. The SMILES string of the molecule is CCCCN(C)S(=O)(=O)c1ccc(NC(=O)COc2cccc([N+](=O)[O-])c2)cc1. The number of nitrogens with one attached hydrogen (secondary N) is 1. The van der Waals surface area contributed by atoms with E-state index in [0.29, 0.717) is 12.2 Å². The van der Waals surface area contributed by atoms with Gasteiger partial charge in [0.2, 0.25) is 10.0 Å². The lowest BCUT2D eigenvalue weighted by molar-refractivity contribution is -0.384. The van der Waals surface area contributed by atoms with E-state index < -0.39 is 20.9 Å². The maximum atomic E-state index is 12.5. The third kappa shape index (κ3) is 6.26. The second-order valence-corrected chi connectivity index (χ2v) is 8.34. The lowest BCUT2D eigenvalue weighted by atomic mass is 10.3. The number of sulfonamides is 1. The Bertz CT molecular complexity index is 960. The quantitative estimate of drug-likeness (QED) is 0.465. The summed E-state index contributed by atoms with van der Waals surface area (Å²) >= 11 is 0. The van der Waals surface area contributed by atoms with E-state index in [4.69, 9.17) is 4.74 Å². The molecule has 0 radical (unpaired) electrons. The fourth-order valence-corrected chi connectivity index (χ4v) is 3.63. The smallest absolute Gasteiger partial charge is 0.273 e. The molecule has 1 amide bonds. The van der Waals surface area contributed by atoms with Crippen LogP contribution in [-0.2, 0) is 14.8 Å². The molecule has 2 rings (SSSR count). The summed E-state index contributed by atoms with van der Waals surface area (Å²) in [5.74, 6) is -0.280. The number of anilines is 1. The molecule has 9 nitrogen and oxygen atoms in total. The van der Waals surface area contributed by atoms with Crippen molar-refractivity contribution in [3.63, 3.8) is 0 Å². The molecule has 29 heavy (non-hydrogen) atoms. The van der Waals surface area contributed by atoms with Gasteiger partial charge in [-0.2, -0.15) is 0 Å². The molecule has 2 aromatic carbocycles. The number of hydrogen-bond acceptors (Lipinski definition) is 6. The largest absolute Gasteiger partial charge is 0.484 e. The molecule has 0 spiro atoms. The fraction of sp³-hybridized carbons (Fsp3) is 0.316. The molecule has 10 heteroatoms. The molecule has 0 saturated carbocycles. The van der Waals surface area contributed by atoms with E-state index in [-0.39, 0.29) is 22.9 Å². The van der Waals surface area contributed by atoms with Crippen molar-refractivity contribution in [2.24, 2.45) is 0 Å². The molecule has 0 heterocycles. The Morgan fingerprint density at radius 3 is 2.52 bits per heavy atom. The molecule has 1 N–H and O–H groups in total. The van der Waals surface area contributed by atoms with Crippen LogP contribution in [0.25, 0.3) is 0 Å². The van der Waals surface area contributed by atoms with E-state index in [1.807, 2.05) is 6.92 Å². The third-order valence-corrected chi connectivity index (χ3v) is 5.94. The van der Waals surface area contributed by atoms with Gasteiger partial charge in [-0.15, -0.1) is 0 Å². The highest BCUT2D eigenvalue weighted by Gasteiger charge is 2.20. The molecule has 0 fully saturated rings. The number of hydrogen-bond donors (Lipinski definition) is 1. The monoisotopic (exact) mass is 421 g/mol. The average Bonchev–Trinajstić information content (AvgIpc) is 2.71. The molecular formula is C19H23N3O6S. The van der Waals surface area contributed by atoms with Gasteiger partial charge in [-0.25, -0.2) is 12.7 Å². The molecule has 0 aliphatic rings. The molecular weight excluding hydrogens is 398 g/mol. The first-order valence-electron chi connectivity index (χ1n) is 8.97. The van der Waals surface area contributed by atoms with E-state index >= 15 is 0 Å². The first kappa shape index (κ1) is 22.3. The number of carbonyl (C=O) groups excluding carboxylic acids is 1. The molecule has 0 aliphatic carbocycles. The predicted molar refractivity (Wildman–Crippen MR) is 108 cm³/mol. The number of amides is 1. The lowest BCUT2D eigenvalue weighted by Crippen LogP contribution is -2.28. The van der Waals surface area contributed by atoms with Gasteiger partial charge >= 0.3 is 0 Å². The highest BCUT2D eigenvalue weighted by Crippen LogP contribution is 2.20. The number of nitro groups is 1. The van der Waals surface area contributed by atoms with Gasteiger partial charge in [-0.05, 0) is 36.8 Å². The number of nitro benzene ring substituents is 1. The molecule has 0 unspecified atom stereocenters. The van der Waals surface area contributed by atoms with E-state index in [2.05, 4.69) is 5.32 Å². The summed E-state index contributed by atoms with van der Waals surface area (Å²) < 4.78 is 31.5. The molecule has 0 aliphatic heterocycles. The number of benzene rings is 2. The Hall–Kier alpha value is -2.98. The van der Waals surface area contributed by atoms with Crippen molar-refractivity contribution in [2.45, 2.75) is 24.7 Å². The maximum Gasteiger partial charge on any atom is 0.273 e. The summed E-state index contributed by atoms with van der Waals surface area (Å²) in [5, 5.41) is 13.3. The van der Waals surface area contributed by atoms with Gasteiger partial charge in [0.15, 0.2) is 6.61 Å². The molecule has 0 atom stereocenters. The van der Waals surface area contributed by atoms with Crippen LogP contribution in [0.5, 0.6) is 5.75 Å². The zero-order chi connectivity index (χ0) is 21.4. The van der Waals surface area contributed by atoms with Gasteiger partial charge in [0.05, 0.1) is 15.9 Å². The Morgan fingerprint density at radius 2 is 1.90 bits per heavy atom. The summed E-state index contributed by atoms with van der Waals surface area (Å²) in [6, 6.07) is 11.3. The zero-order valence-corrected chi connectivity index (χ0v) is 17.0. The van der Waals surface area contributed by atoms with Crippen LogP contribution in [0.4, 0.5) is 11.4 Å². The Morgan fingerprint density at radius 1 is 1.21 bits per heavy atom. The van der Waals surface area contributed by atoms with Crippen molar-refractivity contribution in [3.05, 3.63) is 58.6 Å². The van der Waals surface area contributed by atoms with Crippen LogP contribution in [0.2, 0.25) is 0 Å². The van der Waals surface area contributed by atoms with Gasteiger partial charge in [0.1, 0.15) is 5.75 Å². The van der Waals surface area contributed by atoms with Gasteiger partial charge in [0, 0.05) is 25.3 Å². The van der Waals surface area contributed by atoms with Crippen molar-refractivity contribution < 1.29 is 22.9 Å². The topological polar surface area (TPSA) is 119 Å². The number of non-ortho nitro benzene ring substituents is 1. The molecule has 0 saturated heterocycles. The second-order valence-electron chi connectivity index (χ2n) is 6.30. The minimum absolute atomic E-state index is 0.136. The highest BCUT2D eigenvalue weighted by atomic mass is 32.2. The van der Waals surface area contributed by atoms with Crippen LogP contribution in [0.3, 0.4) is 0 Å². The molecule has 2 aromatic rings. The number of nitrogens with zero attached hydrogens (tertiary/aromatic N) is 2. The summed E-state index contributed by atoms with van der Waals surface area (Å²) in [6.07, 6.45) is 1.66. The van der Waals surface area contributed by atoms with Crippen molar-refractivity contribution in [1.82, 2.24) is 4.31 Å². The van der Waals surface area contributed by atoms with Crippen molar-refractivity contribution in [1.29, 1.82) is 0 Å². The standard InChI is InChI=1S/C19H23N3O6S/c1-3-4-12-21(2)29(26,27)18-10-8-15(9-11-18)20-19(23)14-28-17-7-5-6-16(13-17)22(24)25/h5-11,13H,3-4,12,14H2,1-2H3,(H,20,23). The Labute approximate surface area is 169 Å². The maximum absolute atomic E-state index is 12.5. The van der Waals surface area contributed by atoms with Crippen LogP contribution in [-0.4, -0.2) is 43.8 Å². The average molecular weight is 421 g/mol. The van der Waals surface area contributed by atoms with Crippen LogP contribution in [0.15, 0.2) is 53.4 Å². The van der Waals surface area contributed by atoms with E-state index in [0.717, 1.165) is 12.8 Å². The van der Waals surface area contributed by atoms with Gasteiger partial charge < -0.3 is 10.1 Å². The first-order valence-corrected chi connectivity index (χ1v) is 10.4. The van der Waals surface area contributed by atoms with E-state index in [1.54, 1.807) is 0 Å². The van der Waals surface area contributed by atoms with Crippen molar-refractivity contribution >= 4 is 27.3 Å². The van der Waals surface area contributed by atoms with Crippen LogP contribution in [0, 0.1) is 10.1 Å². The number of rotatable bonds is 10. The second kappa shape index (κ2) is 9.99. The van der Waals surface area contributed by atoms with Crippen LogP contribution >= 0.6 is 0 Å². The van der Waals surface area contributed by atoms with Gasteiger partial charge in [-0.1, -0.05) is 19.4 Å². The summed E-state index contributed by atoms with van der Waals surface area (Å²) in [4.78, 5) is 22.4. The number of unbranched alkanes of at least 4 members (excludes halogenated alkanes) is 1. The highest BCUT2D eigenvalue weighted by molar-refractivity contribution is 7.89. The zero-order valence-electron chi connectivity index (χ0n) is 16.2. The summed E-state index contributed by atoms with van der Waals surface area (Å²) in [5.41, 5.74) is 0.274. The minimum Gasteiger partial charge on any atom is -0.484 e. The normalized spacial score (nSPS) is 11.3. The molecule has 0 aromatic heterocycles. The Kier molecular flexibility index (Phi) is 7.68. The summed E-state index contributed by atoms with van der Waals surface area (Å²) in [7, 11) is -2.04. The van der Waals surface area contributed by atoms with E-state index in [9.17, 15) is 23.3 Å². The van der Waals surface area contributed by atoms with Gasteiger partial charge in [-0.3, -0.25) is 14.9 Å². The third-order valence-electron chi connectivity index (χ3n) is 4.07. The lowest BCUT2D eigenvalue weighted by Gasteiger charge is -2.17. The number of ether oxygens (including phenoxy) is 1. The van der Waals surface area contributed by atoms with Gasteiger partial charge in [0.25, 0.3) is 11.6 Å². The predicted octanol–water partition coefficient (Wildman–Crippen LogP) is 3.03. The van der Waals surface area contributed by atoms with Crippen LogP contribution in [0.1, 0.15) is 19.8 Å².